The Bertz CT molecular complexity index is 1400. The molecule has 11 heteroatoms. The zero-order chi connectivity index (χ0) is 27.2. The molecule has 10 nitrogen and oxygen atoms in total. The summed E-state index contributed by atoms with van der Waals surface area (Å²) >= 11 is 0. The lowest BCUT2D eigenvalue weighted by Gasteiger charge is -2.26. The Hall–Kier alpha value is -3.56. The number of nitrogens with one attached hydrogen (secondary N) is 2. The highest BCUT2D eigenvalue weighted by molar-refractivity contribution is 5.82. The lowest BCUT2D eigenvalue weighted by molar-refractivity contribution is -0.132. The molecule has 2 N–H and O–H groups in total. The summed E-state index contributed by atoms with van der Waals surface area (Å²) in [6.07, 6.45) is 0.152. The molecule has 2 aromatic carbocycles. The molecule has 0 spiro atoms. The third-order valence-electron chi connectivity index (χ3n) is 7.13. The number of oxazole rings is 1. The minimum atomic E-state index is -0.895. The van der Waals surface area contributed by atoms with Gasteiger partial charge in [-0.1, -0.05) is 18.2 Å². The second-order valence-corrected chi connectivity index (χ2v) is 9.77. The first kappa shape index (κ1) is 27.0. The van der Waals surface area contributed by atoms with E-state index in [1.807, 2.05) is 12.1 Å². The highest BCUT2D eigenvalue weighted by Crippen LogP contribution is 2.26. The van der Waals surface area contributed by atoms with Crippen LogP contribution in [0.15, 0.2) is 45.6 Å². The first-order valence-corrected chi connectivity index (χ1v) is 13.3. The molecule has 0 saturated carbocycles. The Morgan fingerprint density at radius 2 is 1.95 bits per heavy atom. The summed E-state index contributed by atoms with van der Waals surface area (Å²) in [7, 11) is 0. The van der Waals surface area contributed by atoms with Crippen molar-refractivity contribution in [3.8, 4) is 17.2 Å². The van der Waals surface area contributed by atoms with Crippen LogP contribution in [0.2, 0.25) is 0 Å². The Morgan fingerprint density at radius 1 is 1.15 bits per heavy atom. The highest BCUT2D eigenvalue weighted by Gasteiger charge is 2.24. The lowest BCUT2D eigenvalue weighted by atomic mass is 10.00. The summed E-state index contributed by atoms with van der Waals surface area (Å²) in [6, 6.07) is 11.3. The fraction of sp³-hybridized carbons (Fsp3) is 0.464. The molecular formula is C28H32FN5O5. The number of nitriles is 1. The number of ether oxygens (including phenoxy) is 2. The Labute approximate surface area is 225 Å². The standard InChI is InChI=1S/C28H32FN5O5/c29-23-15-19(2-3-21(23)14-22(17-30)32-27(35)26-18-31-6-1-11-38-26)20-4-5-25-24(16-20)34(28(36)39-25)8-7-33-9-12-37-13-10-33/h2-5,15-16,22,26,31H,1,6-14,18H2,(H,32,35)/t22-,26-/m0/s1. The van der Waals surface area contributed by atoms with E-state index in [0.717, 1.165) is 31.6 Å². The van der Waals surface area contributed by atoms with Crippen LogP contribution in [-0.4, -0.2) is 80.1 Å². The molecule has 0 aliphatic carbocycles. The smallest absolute Gasteiger partial charge is 0.408 e. The second-order valence-electron chi connectivity index (χ2n) is 9.77. The van der Waals surface area contributed by atoms with Crippen molar-refractivity contribution >= 4 is 17.0 Å². The predicted octanol–water partition coefficient (Wildman–Crippen LogP) is 1.66. The Morgan fingerprint density at radius 3 is 2.74 bits per heavy atom. The molecule has 0 radical (unpaired) electrons. The maximum Gasteiger partial charge on any atom is 0.419 e. The first-order valence-electron chi connectivity index (χ1n) is 13.3. The topological polar surface area (TPSA) is 122 Å². The number of fused-ring (bicyclic) bond motifs is 1. The molecule has 5 rings (SSSR count). The lowest BCUT2D eigenvalue weighted by Crippen LogP contribution is -2.46. The van der Waals surface area contributed by atoms with Crippen LogP contribution in [0, 0.1) is 17.1 Å². The van der Waals surface area contributed by atoms with E-state index in [1.54, 1.807) is 28.8 Å². The Kier molecular flexibility index (Phi) is 8.68. The van der Waals surface area contributed by atoms with Crippen molar-refractivity contribution in [3.63, 3.8) is 0 Å². The normalized spacial score (nSPS) is 19.3. The summed E-state index contributed by atoms with van der Waals surface area (Å²) in [5.41, 5.74) is 2.80. The molecule has 206 valence electrons. The molecule has 39 heavy (non-hydrogen) atoms. The Balaban J connectivity index is 1.29. The predicted molar refractivity (Wildman–Crippen MR) is 142 cm³/mol. The van der Waals surface area contributed by atoms with Crippen molar-refractivity contribution in [1.82, 2.24) is 20.1 Å². The number of nitrogens with zero attached hydrogens (tertiary/aromatic N) is 3. The van der Waals surface area contributed by atoms with Crippen molar-refractivity contribution in [2.24, 2.45) is 0 Å². The third-order valence-corrected chi connectivity index (χ3v) is 7.13. The molecule has 2 fully saturated rings. The minimum Gasteiger partial charge on any atom is -0.408 e. The van der Waals surface area contributed by atoms with Crippen LogP contribution >= 0.6 is 0 Å². The van der Waals surface area contributed by atoms with Gasteiger partial charge in [-0.05, 0) is 47.9 Å². The number of hydrogen-bond donors (Lipinski definition) is 2. The van der Waals surface area contributed by atoms with Gasteiger partial charge in [0.15, 0.2) is 5.58 Å². The number of morpholine rings is 1. The number of carbonyl (C=O) groups is 1. The van der Waals surface area contributed by atoms with Gasteiger partial charge >= 0.3 is 5.76 Å². The molecule has 2 aliphatic rings. The van der Waals surface area contributed by atoms with E-state index in [9.17, 15) is 14.9 Å². The van der Waals surface area contributed by atoms with E-state index in [1.165, 1.54) is 6.07 Å². The molecule has 3 heterocycles. The molecule has 2 aliphatic heterocycles. The van der Waals surface area contributed by atoms with Crippen molar-refractivity contribution in [1.29, 1.82) is 5.26 Å². The van der Waals surface area contributed by atoms with Gasteiger partial charge in [-0.3, -0.25) is 14.3 Å². The summed E-state index contributed by atoms with van der Waals surface area (Å²) in [6.45, 7) is 5.79. The number of benzene rings is 2. The largest absolute Gasteiger partial charge is 0.419 e. The van der Waals surface area contributed by atoms with Crippen LogP contribution in [0.1, 0.15) is 12.0 Å². The summed E-state index contributed by atoms with van der Waals surface area (Å²) < 4.78 is 33.1. The highest BCUT2D eigenvalue weighted by atomic mass is 19.1. The van der Waals surface area contributed by atoms with Crippen molar-refractivity contribution < 1.29 is 23.1 Å². The van der Waals surface area contributed by atoms with E-state index >= 15 is 4.39 Å². The van der Waals surface area contributed by atoms with E-state index in [2.05, 4.69) is 15.5 Å². The minimum absolute atomic E-state index is 0.0242. The van der Waals surface area contributed by atoms with Gasteiger partial charge in [0.1, 0.15) is 18.0 Å². The molecule has 2 atom stereocenters. The van der Waals surface area contributed by atoms with Gasteiger partial charge in [0.05, 0.1) is 24.8 Å². The van der Waals surface area contributed by atoms with Crippen molar-refractivity contribution in [3.05, 3.63) is 58.3 Å². The van der Waals surface area contributed by atoms with Gasteiger partial charge in [-0.2, -0.15) is 5.26 Å². The second kappa shape index (κ2) is 12.5. The fourth-order valence-corrected chi connectivity index (χ4v) is 4.91. The molecule has 0 bridgehead atoms. The SMILES string of the molecule is N#C[C@H](Cc1ccc(-c2ccc3oc(=O)n(CCN4CCOCC4)c3c2)cc1F)NC(=O)[C@@H]1CNCCCO1. The number of rotatable bonds is 8. The van der Waals surface area contributed by atoms with E-state index in [0.29, 0.717) is 61.7 Å². The van der Waals surface area contributed by atoms with Gasteiger partial charge in [0, 0.05) is 45.8 Å². The quantitative estimate of drug-likeness (QED) is 0.445. The average Bonchev–Trinajstić information content (AvgIpc) is 3.10. The van der Waals surface area contributed by atoms with Gasteiger partial charge < -0.3 is 24.5 Å². The van der Waals surface area contributed by atoms with E-state index in [4.69, 9.17) is 13.9 Å². The molecule has 3 aromatic rings. The van der Waals surface area contributed by atoms with Crippen LogP contribution in [0.5, 0.6) is 0 Å². The van der Waals surface area contributed by atoms with Crippen LogP contribution in [-0.2, 0) is 27.2 Å². The number of halogens is 1. The number of amides is 1. The fourth-order valence-electron chi connectivity index (χ4n) is 4.91. The third kappa shape index (κ3) is 6.54. The summed E-state index contributed by atoms with van der Waals surface area (Å²) in [4.78, 5) is 27.3. The average molecular weight is 538 g/mol. The molecule has 1 aromatic heterocycles. The van der Waals surface area contributed by atoms with Crippen LogP contribution in [0.25, 0.3) is 22.2 Å². The zero-order valence-electron chi connectivity index (χ0n) is 21.7. The van der Waals surface area contributed by atoms with Crippen molar-refractivity contribution in [2.45, 2.75) is 31.5 Å². The maximum absolute atomic E-state index is 15.2. The molecule has 2 saturated heterocycles. The zero-order valence-corrected chi connectivity index (χ0v) is 21.7. The van der Waals surface area contributed by atoms with Crippen LogP contribution in [0.4, 0.5) is 4.39 Å². The van der Waals surface area contributed by atoms with Crippen LogP contribution < -0.4 is 16.4 Å². The molecule has 1 amide bonds. The van der Waals surface area contributed by atoms with E-state index in [-0.39, 0.29) is 12.3 Å². The van der Waals surface area contributed by atoms with Gasteiger partial charge in [0.25, 0.3) is 5.91 Å². The monoisotopic (exact) mass is 537 g/mol. The summed E-state index contributed by atoms with van der Waals surface area (Å²) in [5, 5.41) is 15.4. The number of carbonyl (C=O) groups excluding carboxylic acids is 1. The van der Waals surface area contributed by atoms with Crippen molar-refractivity contribution in [2.75, 3.05) is 52.5 Å². The van der Waals surface area contributed by atoms with Gasteiger partial charge in [-0.25, -0.2) is 9.18 Å². The van der Waals surface area contributed by atoms with Gasteiger partial charge in [-0.15, -0.1) is 0 Å². The van der Waals surface area contributed by atoms with Gasteiger partial charge in [0.2, 0.25) is 0 Å². The van der Waals surface area contributed by atoms with E-state index < -0.39 is 23.7 Å². The summed E-state index contributed by atoms with van der Waals surface area (Å²) in [5.74, 6) is -1.29. The number of hydrogen-bond acceptors (Lipinski definition) is 8. The molecular weight excluding hydrogens is 505 g/mol. The number of aromatic nitrogens is 1. The molecule has 0 unspecified atom stereocenters. The maximum atomic E-state index is 15.2. The van der Waals surface area contributed by atoms with Crippen LogP contribution in [0.3, 0.4) is 0 Å². The first-order chi connectivity index (χ1) is 19.0.